The van der Waals surface area contributed by atoms with Crippen molar-refractivity contribution in [3.63, 3.8) is 0 Å². The first-order valence-electron chi connectivity index (χ1n) is 9.37. The van der Waals surface area contributed by atoms with Gasteiger partial charge >= 0.3 is 0 Å². The molecule has 1 aromatic carbocycles. The number of H-pyrrole nitrogens is 1. The fourth-order valence-electron chi connectivity index (χ4n) is 4.44. The Morgan fingerprint density at radius 1 is 1.29 bits per heavy atom. The summed E-state index contributed by atoms with van der Waals surface area (Å²) in [7, 11) is 0. The zero-order chi connectivity index (χ0) is 19.8. The maximum atomic E-state index is 13.8. The summed E-state index contributed by atoms with van der Waals surface area (Å²) in [6.45, 7) is 3.16. The molecule has 2 amide bonds. The molecule has 7 nitrogen and oxygen atoms in total. The number of halogens is 1. The minimum atomic E-state index is -0.519. The molecule has 0 aliphatic carbocycles. The summed E-state index contributed by atoms with van der Waals surface area (Å²) < 4.78 is 13.8. The average molecular weight is 384 g/mol. The molecule has 0 spiro atoms. The van der Waals surface area contributed by atoms with E-state index in [0.29, 0.717) is 26.1 Å². The summed E-state index contributed by atoms with van der Waals surface area (Å²) in [6, 6.07) is 6.00. The summed E-state index contributed by atoms with van der Waals surface area (Å²) in [5, 5.41) is 0. The minimum absolute atomic E-state index is 0.0101. The zero-order valence-electron chi connectivity index (χ0n) is 15.5. The van der Waals surface area contributed by atoms with E-state index in [4.69, 9.17) is 0 Å². The number of rotatable bonds is 3. The molecular weight excluding hydrogens is 363 g/mol. The van der Waals surface area contributed by atoms with Crippen LogP contribution in [0.4, 0.5) is 4.39 Å². The smallest absolute Gasteiger partial charge is 0.279 e. The molecule has 2 aliphatic heterocycles. The molecule has 4 rings (SSSR count). The Balaban J connectivity index is 1.63. The molecular formula is C20H21FN4O3. The van der Waals surface area contributed by atoms with Crippen LogP contribution in [0.15, 0.2) is 41.5 Å². The van der Waals surface area contributed by atoms with Crippen molar-refractivity contribution in [3.8, 4) is 0 Å². The van der Waals surface area contributed by atoms with Crippen LogP contribution in [0, 0.1) is 17.7 Å². The predicted molar refractivity (Wildman–Crippen MR) is 98.9 cm³/mol. The molecule has 28 heavy (non-hydrogen) atoms. The van der Waals surface area contributed by atoms with Gasteiger partial charge in [0.1, 0.15) is 5.82 Å². The van der Waals surface area contributed by atoms with E-state index in [0.717, 1.165) is 5.56 Å². The summed E-state index contributed by atoms with van der Waals surface area (Å²) in [5.74, 6) is -0.680. The lowest BCUT2D eigenvalue weighted by Crippen LogP contribution is -2.39. The second kappa shape index (κ2) is 7.18. The number of aromatic nitrogens is 2. The van der Waals surface area contributed by atoms with E-state index in [1.165, 1.54) is 24.5 Å². The Kier molecular flexibility index (Phi) is 4.70. The fourth-order valence-corrected chi connectivity index (χ4v) is 4.44. The number of carbonyl (C=O) groups is 2. The van der Waals surface area contributed by atoms with Gasteiger partial charge in [-0.25, -0.2) is 9.37 Å². The number of benzene rings is 1. The number of hydrogen-bond acceptors (Lipinski definition) is 4. The van der Waals surface area contributed by atoms with E-state index in [2.05, 4.69) is 9.97 Å². The number of likely N-dealkylation sites (tertiary alicyclic amines) is 2. The van der Waals surface area contributed by atoms with Crippen LogP contribution in [0.2, 0.25) is 0 Å². The Hall–Kier alpha value is -3.03. The number of fused-ring (bicyclic) bond motifs is 1. The van der Waals surface area contributed by atoms with Crippen LogP contribution >= 0.6 is 0 Å². The minimum Gasteiger partial charge on any atom is -0.336 e. The molecule has 0 unspecified atom stereocenters. The number of nitrogens with one attached hydrogen (secondary N) is 1. The summed E-state index contributed by atoms with van der Waals surface area (Å²) in [4.78, 5) is 47.0. The topological polar surface area (TPSA) is 86.4 Å². The van der Waals surface area contributed by atoms with Crippen molar-refractivity contribution >= 4 is 11.8 Å². The highest BCUT2D eigenvalue weighted by Gasteiger charge is 2.50. The molecule has 0 bridgehead atoms. The molecule has 3 heterocycles. The fraction of sp³-hybridized carbons (Fsp3) is 0.400. The van der Waals surface area contributed by atoms with Gasteiger partial charge in [0.2, 0.25) is 5.91 Å². The van der Waals surface area contributed by atoms with Gasteiger partial charge in [0.15, 0.2) is 5.69 Å². The first-order chi connectivity index (χ1) is 13.5. The molecule has 1 aromatic heterocycles. The van der Waals surface area contributed by atoms with E-state index < -0.39 is 11.5 Å². The molecule has 0 radical (unpaired) electrons. The Bertz CT molecular complexity index is 976. The number of amides is 2. The van der Waals surface area contributed by atoms with Crippen molar-refractivity contribution in [1.82, 2.24) is 19.8 Å². The van der Waals surface area contributed by atoms with Crippen LogP contribution in [0.1, 0.15) is 35.4 Å². The Morgan fingerprint density at radius 2 is 2.11 bits per heavy atom. The summed E-state index contributed by atoms with van der Waals surface area (Å²) in [5.41, 5.74) is 0.0829. The zero-order valence-corrected chi connectivity index (χ0v) is 15.5. The van der Waals surface area contributed by atoms with Crippen LogP contribution in [0.5, 0.6) is 0 Å². The molecule has 2 aromatic rings. The van der Waals surface area contributed by atoms with Gasteiger partial charge in [-0.2, -0.15) is 0 Å². The van der Waals surface area contributed by atoms with Crippen LogP contribution < -0.4 is 5.56 Å². The van der Waals surface area contributed by atoms with E-state index >= 15 is 0 Å². The van der Waals surface area contributed by atoms with Gasteiger partial charge in [-0.1, -0.05) is 19.1 Å². The van der Waals surface area contributed by atoms with E-state index in [-0.39, 0.29) is 35.3 Å². The summed E-state index contributed by atoms with van der Waals surface area (Å²) in [6.07, 6.45) is 3.13. The second-order valence-corrected chi connectivity index (χ2v) is 7.30. The lowest BCUT2D eigenvalue weighted by molar-refractivity contribution is -0.132. The predicted octanol–water partition coefficient (Wildman–Crippen LogP) is 1.59. The van der Waals surface area contributed by atoms with Crippen LogP contribution in [0.25, 0.3) is 0 Å². The quantitative estimate of drug-likeness (QED) is 0.871. The maximum absolute atomic E-state index is 13.8. The highest BCUT2D eigenvalue weighted by molar-refractivity contribution is 5.92. The lowest BCUT2D eigenvalue weighted by atomic mass is 9.89. The van der Waals surface area contributed by atoms with Crippen molar-refractivity contribution < 1.29 is 14.0 Å². The number of carbonyl (C=O) groups excluding carboxylic acids is 2. The van der Waals surface area contributed by atoms with Gasteiger partial charge in [-0.15, -0.1) is 0 Å². The van der Waals surface area contributed by atoms with Crippen molar-refractivity contribution in [2.24, 2.45) is 11.8 Å². The number of aromatic amines is 1. The largest absolute Gasteiger partial charge is 0.336 e. The SMILES string of the molecule is CCC(=O)N1C[C@@H]2CN(C(=O)c3ncc[nH]c3=O)C[C@@H]2[C@H]1c1cccc(F)c1. The second-order valence-electron chi connectivity index (χ2n) is 7.30. The molecule has 2 aliphatic rings. The molecule has 2 saturated heterocycles. The van der Waals surface area contributed by atoms with Gasteiger partial charge in [0, 0.05) is 50.3 Å². The number of hydrogen-bond donors (Lipinski definition) is 1. The molecule has 8 heteroatoms. The molecule has 0 saturated carbocycles. The Morgan fingerprint density at radius 3 is 2.82 bits per heavy atom. The highest BCUT2D eigenvalue weighted by atomic mass is 19.1. The highest BCUT2D eigenvalue weighted by Crippen LogP contribution is 2.45. The maximum Gasteiger partial charge on any atom is 0.279 e. The van der Waals surface area contributed by atoms with Crippen molar-refractivity contribution in [2.45, 2.75) is 19.4 Å². The first-order valence-corrected chi connectivity index (χ1v) is 9.37. The van der Waals surface area contributed by atoms with Gasteiger partial charge in [-0.05, 0) is 17.7 Å². The van der Waals surface area contributed by atoms with Crippen LogP contribution in [-0.2, 0) is 4.79 Å². The van der Waals surface area contributed by atoms with Gasteiger partial charge in [-0.3, -0.25) is 14.4 Å². The molecule has 3 atom stereocenters. The Labute approximate surface area is 161 Å². The van der Waals surface area contributed by atoms with E-state index in [1.807, 2.05) is 13.0 Å². The standard InChI is InChI=1S/C20H21FN4O3/c1-2-16(26)25-10-13-9-24(20(28)17-19(27)23-7-6-22-17)11-15(13)18(25)12-4-3-5-14(21)8-12/h3-8,13,15,18H,2,9-11H2,1H3,(H,23,27)/t13-,15-,18+/m0/s1. The van der Waals surface area contributed by atoms with Gasteiger partial charge < -0.3 is 14.8 Å². The third-order valence-electron chi connectivity index (χ3n) is 5.67. The van der Waals surface area contributed by atoms with Gasteiger partial charge in [0.25, 0.3) is 11.5 Å². The monoisotopic (exact) mass is 384 g/mol. The average Bonchev–Trinajstić information content (AvgIpc) is 3.25. The molecule has 146 valence electrons. The molecule has 2 fully saturated rings. The van der Waals surface area contributed by atoms with Gasteiger partial charge in [0.05, 0.1) is 6.04 Å². The third kappa shape index (κ3) is 3.08. The summed E-state index contributed by atoms with van der Waals surface area (Å²) >= 11 is 0. The van der Waals surface area contributed by atoms with Crippen molar-refractivity contribution in [2.75, 3.05) is 19.6 Å². The van der Waals surface area contributed by atoms with E-state index in [9.17, 15) is 18.8 Å². The van der Waals surface area contributed by atoms with Crippen molar-refractivity contribution in [3.05, 3.63) is 64.1 Å². The third-order valence-corrected chi connectivity index (χ3v) is 5.67. The van der Waals surface area contributed by atoms with E-state index in [1.54, 1.807) is 15.9 Å². The number of nitrogens with zero attached hydrogens (tertiary/aromatic N) is 3. The van der Waals surface area contributed by atoms with Crippen LogP contribution in [0.3, 0.4) is 0 Å². The molecule has 1 N–H and O–H groups in total. The lowest BCUT2D eigenvalue weighted by Gasteiger charge is -2.29. The first kappa shape index (κ1) is 18.3. The van der Waals surface area contributed by atoms with Crippen LogP contribution in [-0.4, -0.2) is 51.2 Å². The van der Waals surface area contributed by atoms with Crippen molar-refractivity contribution in [1.29, 1.82) is 0 Å². The normalized spacial score (nSPS) is 23.7.